The summed E-state index contributed by atoms with van der Waals surface area (Å²) in [4.78, 5) is 11.4. The van der Waals surface area contributed by atoms with Gasteiger partial charge in [-0.2, -0.15) is 18.3 Å². The molecule has 1 heterocycles. The monoisotopic (exact) mass is 271 g/mol. The molecule has 1 aromatic heterocycles. The third kappa shape index (κ3) is 3.90. The quantitative estimate of drug-likeness (QED) is 0.852. The van der Waals surface area contributed by atoms with Crippen molar-refractivity contribution in [3.05, 3.63) is 21.6 Å². The van der Waals surface area contributed by atoms with Crippen LogP contribution in [0, 0.1) is 0 Å². The number of anilines is 1. The molecule has 0 atom stereocenters. The fraction of sp³-hybridized carbons (Fsp3) is 0.500. The van der Waals surface area contributed by atoms with Gasteiger partial charge >= 0.3 is 6.18 Å². The molecule has 0 unspecified atom stereocenters. The number of aromatic nitrogens is 2. The highest BCUT2D eigenvalue weighted by Gasteiger charge is 2.27. The minimum Gasteiger partial charge on any atom is -0.394 e. The molecule has 0 fully saturated rings. The van der Waals surface area contributed by atoms with Gasteiger partial charge in [0.15, 0.2) is 0 Å². The first-order valence-electron chi connectivity index (χ1n) is 4.52. The van der Waals surface area contributed by atoms with Crippen LogP contribution in [0.4, 0.5) is 18.9 Å². The van der Waals surface area contributed by atoms with Gasteiger partial charge in [0, 0.05) is 0 Å². The Kier molecular flexibility index (Phi) is 4.35. The lowest BCUT2D eigenvalue weighted by Crippen LogP contribution is -2.27. The van der Waals surface area contributed by atoms with Crippen molar-refractivity contribution in [3.8, 4) is 0 Å². The van der Waals surface area contributed by atoms with Crippen molar-refractivity contribution in [3.63, 3.8) is 0 Å². The maximum absolute atomic E-state index is 11.9. The maximum Gasteiger partial charge on any atom is 0.405 e. The summed E-state index contributed by atoms with van der Waals surface area (Å²) < 4.78 is 36.7. The van der Waals surface area contributed by atoms with E-state index in [0.29, 0.717) is 0 Å². The summed E-state index contributed by atoms with van der Waals surface area (Å²) in [5, 5.41) is 13.7. The maximum atomic E-state index is 11.9. The molecule has 1 aromatic rings. The Labute approximate surface area is 98.8 Å². The third-order valence-corrected chi connectivity index (χ3v) is 2.14. The van der Waals surface area contributed by atoms with Crippen LogP contribution < -0.4 is 10.9 Å². The zero-order valence-corrected chi connectivity index (χ0v) is 9.22. The molecule has 9 heteroatoms. The molecule has 0 aliphatic rings. The van der Waals surface area contributed by atoms with E-state index in [1.165, 1.54) is 0 Å². The first-order chi connectivity index (χ1) is 7.85. The lowest BCUT2D eigenvalue weighted by molar-refractivity contribution is -0.115. The molecule has 0 saturated heterocycles. The average Bonchev–Trinajstić information content (AvgIpc) is 2.23. The van der Waals surface area contributed by atoms with E-state index in [0.717, 1.165) is 10.9 Å². The van der Waals surface area contributed by atoms with Gasteiger partial charge in [0.2, 0.25) is 0 Å². The number of aliphatic hydroxyl groups is 1. The number of aliphatic hydroxyl groups excluding tert-OH is 1. The molecule has 0 amide bonds. The smallest absolute Gasteiger partial charge is 0.394 e. The standard InChI is InChI=1S/C8H9ClF3N3O2/c9-6-5(13-4-8(10,11)12)3-14-15(1-2-16)7(6)17/h3,13,16H,1-2,4H2. The molecule has 0 spiro atoms. The van der Waals surface area contributed by atoms with Crippen LogP contribution in [0.15, 0.2) is 11.0 Å². The molecule has 0 aromatic carbocycles. The van der Waals surface area contributed by atoms with E-state index in [1.807, 2.05) is 5.32 Å². The van der Waals surface area contributed by atoms with Crippen molar-refractivity contribution in [1.82, 2.24) is 9.78 Å². The van der Waals surface area contributed by atoms with Gasteiger partial charge < -0.3 is 10.4 Å². The number of alkyl halides is 3. The van der Waals surface area contributed by atoms with Crippen LogP contribution in [0.3, 0.4) is 0 Å². The van der Waals surface area contributed by atoms with Gasteiger partial charge in [-0.3, -0.25) is 4.79 Å². The Morgan fingerprint density at radius 1 is 1.53 bits per heavy atom. The highest BCUT2D eigenvalue weighted by molar-refractivity contribution is 6.32. The first-order valence-corrected chi connectivity index (χ1v) is 4.90. The lowest BCUT2D eigenvalue weighted by Gasteiger charge is -2.11. The fourth-order valence-electron chi connectivity index (χ4n) is 1.04. The van der Waals surface area contributed by atoms with Gasteiger partial charge in [-0.1, -0.05) is 11.6 Å². The number of halogens is 4. The topological polar surface area (TPSA) is 67.2 Å². The number of hydrogen-bond donors (Lipinski definition) is 2. The molecule has 2 N–H and O–H groups in total. The normalized spacial score (nSPS) is 11.6. The van der Waals surface area contributed by atoms with Crippen molar-refractivity contribution in [2.75, 3.05) is 18.5 Å². The van der Waals surface area contributed by atoms with Crippen LogP contribution in [-0.2, 0) is 6.54 Å². The zero-order valence-electron chi connectivity index (χ0n) is 8.46. The highest BCUT2D eigenvalue weighted by atomic mass is 35.5. The van der Waals surface area contributed by atoms with E-state index in [2.05, 4.69) is 5.10 Å². The number of nitrogens with one attached hydrogen (secondary N) is 1. The lowest BCUT2D eigenvalue weighted by atomic mass is 10.4. The van der Waals surface area contributed by atoms with Crippen LogP contribution in [0.2, 0.25) is 5.02 Å². The van der Waals surface area contributed by atoms with Crippen LogP contribution >= 0.6 is 11.6 Å². The largest absolute Gasteiger partial charge is 0.405 e. The third-order valence-electron chi connectivity index (χ3n) is 1.78. The molecular weight excluding hydrogens is 263 g/mol. The van der Waals surface area contributed by atoms with Crippen LogP contribution in [0.25, 0.3) is 0 Å². The molecule has 17 heavy (non-hydrogen) atoms. The summed E-state index contributed by atoms with van der Waals surface area (Å²) >= 11 is 5.58. The molecule has 0 radical (unpaired) electrons. The van der Waals surface area contributed by atoms with Crippen molar-refractivity contribution in [1.29, 1.82) is 0 Å². The molecule has 1 rings (SSSR count). The second-order valence-corrected chi connectivity index (χ2v) is 3.47. The van der Waals surface area contributed by atoms with Crippen molar-refractivity contribution in [2.45, 2.75) is 12.7 Å². The first kappa shape index (κ1) is 13.8. The molecule has 0 aliphatic carbocycles. The summed E-state index contributed by atoms with van der Waals surface area (Å²) in [7, 11) is 0. The minimum absolute atomic E-state index is 0.0713. The van der Waals surface area contributed by atoms with Gasteiger partial charge in [0.05, 0.1) is 25.0 Å². The predicted octanol–water partition coefficient (Wildman–Crippen LogP) is 0.863. The van der Waals surface area contributed by atoms with Gasteiger partial charge in [0.25, 0.3) is 5.56 Å². The Bertz CT molecular complexity index is 447. The van der Waals surface area contributed by atoms with Crippen molar-refractivity contribution < 1.29 is 18.3 Å². The van der Waals surface area contributed by atoms with E-state index in [4.69, 9.17) is 16.7 Å². The van der Waals surface area contributed by atoms with E-state index in [-0.39, 0.29) is 18.8 Å². The minimum atomic E-state index is -4.41. The molecule has 0 bridgehead atoms. The molecular formula is C8H9ClF3N3O2. The van der Waals surface area contributed by atoms with Crippen LogP contribution in [-0.4, -0.2) is 34.2 Å². The molecule has 0 saturated carbocycles. The predicted molar refractivity (Wildman–Crippen MR) is 55.1 cm³/mol. The van der Waals surface area contributed by atoms with Crippen LogP contribution in [0.5, 0.6) is 0 Å². The number of nitrogens with zero attached hydrogens (tertiary/aromatic N) is 2. The Hall–Kier alpha value is -1.28. The van der Waals surface area contributed by atoms with Gasteiger partial charge in [0.1, 0.15) is 11.6 Å². The van der Waals surface area contributed by atoms with Crippen molar-refractivity contribution >= 4 is 17.3 Å². The number of hydrogen-bond acceptors (Lipinski definition) is 4. The SMILES string of the molecule is O=c1c(Cl)c(NCC(F)(F)F)cnn1CCO. The Morgan fingerprint density at radius 3 is 2.71 bits per heavy atom. The summed E-state index contributed by atoms with van der Waals surface area (Å²) in [6.07, 6.45) is -3.41. The fourth-order valence-corrected chi connectivity index (χ4v) is 1.25. The summed E-state index contributed by atoms with van der Waals surface area (Å²) in [5.74, 6) is 0. The average molecular weight is 272 g/mol. The van der Waals surface area contributed by atoms with E-state index >= 15 is 0 Å². The van der Waals surface area contributed by atoms with Crippen molar-refractivity contribution in [2.24, 2.45) is 0 Å². The van der Waals surface area contributed by atoms with Gasteiger partial charge in [-0.05, 0) is 0 Å². The Morgan fingerprint density at radius 2 is 2.18 bits per heavy atom. The highest BCUT2D eigenvalue weighted by Crippen LogP contribution is 2.19. The van der Waals surface area contributed by atoms with E-state index in [9.17, 15) is 18.0 Å². The second-order valence-electron chi connectivity index (χ2n) is 3.09. The molecule has 5 nitrogen and oxygen atoms in total. The summed E-state index contributed by atoms with van der Waals surface area (Å²) in [6.45, 7) is -1.70. The van der Waals surface area contributed by atoms with Gasteiger partial charge in [-0.15, -0.1) is 0 Å². The van der Waals surface area contributed by atoms with E-state index in [1.54, 1.807) is 0 Å². The molecule has 96 valence electrons. The zero-order chi connectivity index (χ0) is 13.1. The van der Waals surface area contributed by atoms with Crippen LogP contribution in [0.1, 0.15) is 0 Å². The van der Waals surface area contributed by atoms with E-state index < -0.39 is 23.3 Å². The second kappa shape index (κ2) is 5.37. The Balaban J connectivity index is 2.89. The molecule has 0 aliphatic heterocycles. The van der Waals surface area contributed by atoms with Gasteiger partial charge in [-0.25, -0.2) is 4.68 Å². The number of rotatable bonds is 4. The summed E-state index contributed by atoms with van der Waals surface area (Å²) in [6, 6.07) is 0. The summed E-state index contributed by atoms with van der Waals surface area (Å²) in [5.41, 5.74) is -0.948.